The first-order valence-corrected chi connectivity index (χ1v) is 3.31. The zero-order valence-electron chi connectivity index (χ0n) is 6.56. The fourth-order valence-electron chi connectivity index (χ4n) is 0.505. The van der Waals surface area contributed by atoms with Crippen molar-refractivity contribution >= 4 is 5.97 Å². The van der Waals surface area contributed by atoms with Crippen LogP contribution < -0.4 is 0 Å². The minimum absolute atomic E-state index is 0.203. The van der Waals surface area contributed by atoms with Gasteiger partial charge in [-0.2, -0.15) is 8.78 Å². The third-order valence-electron chi connectivity index (χ3n) is 1.03. The number of alkyl halides is 2. The topological polar surface area (TPSA) is 26.3 Å². The Kier molecular flexibility index (Phi) is 4.18. The smallest absolute Gasteiger partial charge is 0.377 e. The van der Waals surface area contributed by atoms with Crippen LogP contribution in [0.4, 0.5) is 8.78 Å². The number of rotatable bonds is 5. The molecule has 0 atom stereocenters. The summed E-state index contributed by atoms with van der Waals surface area (Å²) >= 11 is 0. The molecule has 0 heterocycles. The minimum Gasteiger partial charge on any atom is -0.457 e. The summed E-state index contributed by atoms with van der Waals surface area (Å²) in [5, 5.41) is 0. The highest BCUT2D eigenvalue weighted by molar-refractivity contribution is 5.77. The normalized spacial score (nSPS) is 10.5. The highest BCUT2D eigenvalue weighted by Crippen LogP contribution is 2.20. The lowest BCUT2D eigenvalue weighted by Crippen LogP contribution is -2.30. The van der Waals surface area contributed by atoms with Crippen molar-refractivity contribution < 1.29 is 18.3 Å². The quantitative estimate of drug-likeness (QED) is 0.472. The standard InChI is InChI=1S/C8H10F2O2/c1-3-5-8(9,10)7(11)12-6-4-2/h3-4H,1-2,5-6H2. The summed E-state index contributed by atoms with van der Waals surface area (Å²) in [6.07, 6.45) is 1.49. The van der Waals surface area contributed by atoms with E-state index in [0.717, 1.165) is 6.08 Å². The number of esters is 1. The Hall–Kier alpha value is -1.19. The maximum absolute atomic E-state index is 12.6. The predicted octanol–water partition coefficient (Wildman–Crippen LogP) is 1.93. The van der Waals surface area contributed by atoms with Gasteiger partial charge < -0.3 is 4.74 Å². The zero-order valence-corrected chi connectivity index (χ0v) is 6.56. The Morgan fingerprint density at radius 2 is 2.00 bits per heavy atom. The van der Waals surface area contributed by atoms with E-state index in [4.69, 9.17) is 0 Å². The average Bonchev–Trinajstić information content (AvgIpc) is 2.00. The van der Waals surface area contributed by atoms with Gasteiger partial charge in [-0.25, -0.2) is 4.79 Å². The predicted molar refractivity (Wildman–Crippen MR) is 40.9 cm³/mol. The number of ether oxygens (including phenoxy) is 1. The summed E-state index contributed by atoms with van der Waals surface area (Å²) < 4.78 is 29.3. The molecule has 0 unspecified atom stereocenters. The van der Waals surface area contributed by atoms with Crippen molar-refractivity contribution in [3.8, 4) is 0 Å². The van der Waals surface area contributed by atoms with Gasteiger partial charge in [0.25, 0.3) is 0 Å². The number of hydrogen-bond donors (Lipinski definition) is 0. The van der Waals surface area contributed by atoms with Crippen molar-refractivity contribution in [1.29, 1.82) is 0 Å². The van der Waals surface area contributed by atoms with E-state index in [-0.39, 0.29) is 6.61 Å². The highest BCUT2D eigenvalue weighted by Gasteiger charge is 2.38. The maximum Gasteiger partial charge on any atom is 0.377 e. The Morgan fingerprint density at radius 1 is 1.42 bits per heavy atom. The van der Waals surface area contributed by atoms with Crippen LogP contribution in [0.15, 0.2) is 25.3 Å². The Morgan fingerprint density at radius 3 is 2.42 bits per heavy atom. The van der Waals surface area contributed by atoms with Gasteiger partial charge in [0.1, 0.15) is 6.61 Å². The van der Waals surface area contributed by atoms with Crippen molar-refractivity contribution in [3.05, 3.63) is 25.3 Å². The monoisotopic (exact) mass is 176 g/mol. The molecule has 2 nitrogen and oxygen atoms in total. The molecule has 0 radical (unpaired) electrons. The SMILES string of the molecule is C=CCOC(=O)C(F)(F)CC=C. The first-order valence-electron chi connectivity index (χ1n) is 3.31. The van der Waals surface area contributed by atoms with Gasteiger partial charge in [0.2, 0.25) is 0 Å². The zero-order chi connectivity index (χ0) is 9.61. The van der Waals surface area contributed by atoms with Crippen LogP contribution in [0.5, 0.6) is 0 Å². The first-order chi connectivity index (χ1) is 5.54. The number of allylic oxidation sites excluding steroid dienone is 1. The summed E-state index contributed by atoms with van der Waals surface area (Å²) in [5.74, 6) is -5.01. The lowest BCUT2D eigenvalue weighted by atomic mass is 10.2. The summed E-state index contributed by atoms with van der Waals surface area (Å²) in [6, 6.07) is 0. The molecule has 0 amide bonds. The van der Waals surface area contributed by atoms with Crippen LogP contribution >= 0.6 is 0 Å². The van der Waals surface area contributed by atoms with Crippen LogP contribution in [0.2, 0.25) is 0 Å². The van der Waals surface area contributed by atoms with Crippen molar-refractivity contribution in [2.45, 2.75) is 12.3 Å². The van der Waals surface area contributed by atoms with Crippen LogP contribution in [0.25, 0.3) is 0 Å². The Labute approximate surface area is 69.5 Å². The van der Waals surface area contributed by atoms with Crippen LogP contribution in [0.3, 0.4) is 0 Å². The van der Waals surface area contributed by atoms with E-state index in [0.29, 0.717) is 0 Å². The average molecular weight is 176 g/mol. The number of hydrogen-bond acceptors (Lipinski definition) is 2. The molecular formula is C8H10F2O2. The molecule has 0 aliphatic heterocycles. The van der Waals surface area contributed by atoms with E-state index in [1.54, 1.807) is 0 Å². The highest BCUT2D eigenvalue weighted by atomic mass is 19.3. The van der Waals surface area contributed by atoms with Gasteiger partial charge in [-0.15, -0.1) is 6.58 Å². The van der Waals surface area contributed by atoms with Crippen molar-refractivity contribution in [1.82, 2.24) is 0 Å². The minimum atomic E-state index is -3.47. The van der Waals surface area contributed by atoms with E-state index in [2.05, 4.69) is 17.9 Å². The van der Waals surface area contributed by atoms with Gasteiger partial charge in [0.15, 0.2) is 0 Å². The summed E-state index contributed by atoms with van der Waals surface area (Å²) in [5.41, 5.74) is 0. The summed E-state index contributed by atoms with van der Waals surface area (Å²) in [4.78, 5) is 10.5. The van der Waals surface area contributed by atoms with Crippen molar-refractivity contribution in [3.63, 3.8) is 0 Å². The van der Waals surface area contributed by atoms with Crippen molar-refractivity contribution in [2.75, 3.05) is 6.61 Å². The summed E-state index contributed by atoms with van der Waals surface area (Å²) in [6.45, 7) is 6.12. The molecular weight excluding hydrogens is 166 g/mol. The lowest BCUT2D eigenvalue weighted by Gasteiger charge is -2.11. The van der Waals surface area contributed by atoms with E-state index in [1.807, 2.05) is 0 Å². The molecule has 0 fully saturated rings. The molecule has 0 aliphatic carbocycles. The summed E-state index contributed by atoms with van der Waals surface area (Å²) in [7, 11) is 0. The molecule has 12 heavy (non-hydrogen) atoms. The molecule has 0 aromatic rings. The molecule has 0 saturated heterocycles. The van der Waals surface area contributed by atoms with Gasteiger partial charge in [0.05, 0.1) is 0 Å². The van der Waals surface area contributed by atoms with E-state index in [1.165, 1.54) is 6.08 Å². The third-order valence-corrected chi connectivity index (χ3v) is 1.03. The molecule has 0 spiro atoms. The van der Waals surface area contributed by atoms with E-state index < -0.39 is 18.3 Å². The van der Waals surface area contributed by atoms with Gasteiger partial charge in [-0.3, -0.25) is 0 Å². The van der Waals surface area contributed by atoms with E-state index in [9.17, 15) is 13.6 Å². The van der Waals surface area contributed by atoms with E-state index >= 15 is 0 Å². The van der Waals surface area contributed by atoms with Crippen molar-refractivity contribution in [2.24, 2.45) is 0 Å². The Balaban J connectivity index is 4.04. The van der Waals surface area contributed by atoms with Gasteiger partial charge in [-0.1, -0.05) is 18.7 Å². The second-order valence-electron chi connectivity index (χ2n) is 2.08. The van der Waals surface area contributed by atoms with Gasteiger partial charge in [-0.05, 0) is 0 Å². The van der Waals surface area contributed by atoms with Gasteiger partial charge in [0, 0.05) is 6.42 Å². The van der Waals surface area contributed by atoms with Gasteiger partial charge >= 0.3 is 11.9 Å². The molecule has 0 rings (SSSR count). The largest absolute Gasteiger partial charge is 0.457 e. The molecule has 0 bridgehead atoms. The fourth-order valence-corrected chi connectivity index (χ4v) is 0.505. The molecule has 4 heteroatoms. The maximum atomic E-state index is 12.6. The number of carbonyl (C=O) groups excluding carboxylic acids is 1. The molecule has 68 valence electrons. The molecule has 0 saturated carbocycles. The fraction of sp³-hybridized carbons (Fsp3) is 0.375. The second-order valence-corrected chi connectivity index (χ2v) is 2.08. The van der Waals surface area contributed by atoms with Crippen LogP contribution in [0, 0.1) is 0 Å². The Bertz CT molecular complexity index is 187. The lowest BCUT2D eigenvalue weighted by molar-refractivity contribution is -0.170. The number of halogens is 2. The third kappa shape index (κ3) is 3.27. The number of carbonyl (C=O) groups is 1. The van der Waals surface area contributed by atoms with Crippen LogP contribution in [-0.4, -0.2) is 18.5 Å². The van der Waals surface area contributed by atoms with Crippen LogP contribution in [0.1, 0.15) is 6.42 Å². The molecule has 0 aromatic heterocycles. The first kappa shape index (κ1) is 10.8. The second kappa shape index (κ2) is 4.64. The molecule has 0 N–H and O–H groups in total. The molecule has 0 aromatic carbocycles. The molecule has 0 aliphatic rings. The van der Waals surface area contributed by atoms with Crippen LogP contribution in [-0.2, 0) is 9.53 Å².